The van der Waals surface area contributed by atoms with E-state index in [0.29, 0.717) is 6.54 Å². The number of halogens is 3. The maximum atomic E-state index is 13.0. The van der Waals surface area contributed by atoms with Gasteiger partial charge in [-0.1, -0.05) is 0 Å². The van der Waals surface area contributed by atoms with Crippen LogP contribution in [0.1, 0.15) is 19.3 Å². The number of alkyl halides is 3. The molecular weight excluding hydrogens is 247 g/mol. The first-order valence-corrected chi connectivity index (χ1v) is 6.27. The van der Waals surface area contributed by atoms with E-state index in [9.17, 15) is 18.0 Å². The zero-order chi connectivity index (χ0) is 13.2. The number of hydrogen-bond donors (Lipinski definition) is 2. The second-order valence-electron chi connectivity index (χ2n) is 4.90. The predicted molar refractivity (Wildman–Crippen MR) is 60.1 cm³/mol. The van der Waals surface area contributed by atoms with Gasteiger partial charge in [-0.2, -0.15) is 13.2 Å². The average Bonchev–Trinajstić information content (AvgIpc) is 2.69. The highest BCUT2D eigenvalue weighted by atomic mass is 19.4. The molecule has 0 bridgehead atoms. The quantitative estimate of drug-likeness (QED) is 0.764. The van der Waals surface area contributed by atoms with Crippen molar-refractivity contribution in [1.29, 1.82) is 0 Å². The van der Waals surface area contributed by atoms with Gasteiger partial charge in [-0.25, -0.2) is 0 Å². The summed E-state index contributed by atoms with van der Waals surface area (Å²) in [5.74, 6) is -0.300. The molecule has 2 unspecified atom stereocenters. The fraction of sp³-hybridized carbons (Fsp3) is 0.909. The van der Waals surface area contributed by atoms with Crippen LogP contribution >= 0.6 is 0 Å². The van der Waals surface area contributed by atoms with Crippen LogP contribution in [0.5, 0.6) is 0 Å². The molecule has 18 heavy (non-hydrogen) atoms. The SMILES string of the molecule is O=C1CCN(CC2CCCN2)C(C(F)(F)F)CN1. The Kier molecular flexibility index (Phi) is 4.11. The first-order chi connectivity index (χ1) is 8.47. The average molecular weight is 265 g/mol. The Labute approximate surface area is 104 Å². The van der Waals surface area contributed by atoms with Gasteiger partial charge in [0.2, 0.25) is 5.91 Å². The third-order valence-electron chi connectivity index (χ3n) is 3.55. The minimum absolute atomic E-state index is 0.114. The standard InChI is InChI=1S/C11H18F3N3O/c12-11(13,14)9-6-16-10(18)3-5-17(9)7-8-2-1-4-15-8/h8-9,15H,1-7H2,(H,16,18). The molecule has 0 aromatic heterocycles. The van der Waals surface area contributed by atoms with Gasteiger partial charge in [-0.3, -0.25) is 9.69 Å². The molecule has 2 N–H and O–H groups in total. The molecule has 0 saturated carbocycles. The van der Waals surface area contributed by atoms with Crippen LogP contribution in [0.4, 0.5) is 13.2 Å². The molecule has 2 fully saturated rings. The summed E-state index contributed by atoms with van der Waals surface area (Å²) in [4.78, 5) is 12.6. The smallest absolute Gasteiger partial charge is 0.354 e. The van der Waals surface area contributed by atoms with Gasteiger partial charge in [0.05, 0.1) is 0 Å². The van der Waals surface area contributed by atoms with Gasteiger partial charge in [-0.05, 0) is 19.4 Å². The molecule has 0 radical (unpaired) electrons. The van der Waals surface area contributed by atoms with Gasteiger partial charge in [-0.15, -0.1) is 0 Å². The summed E-state index contributed by atoms with van der Waals surface area (Å²) in [6.45, 7) is 1.06. The highest BCUT2D eigenvalue weighted by molar-refractivity contribution is 5.76. The first-order valence-electron chi connectivity index (χ1n) is 6.27. The molecule has 4 nitrogen and oxygen atoms in total. The van der Waals surface area contributed by atoms with E-state index in [2.05, 4.69) is 10.6 Å². The fourth-order valence-electron chi connectivity index (χ4n) is 2.57. The molecule has 2 atom stereocenters. The van der Waals surface area contributed by atoms with E-state index in [4.69, 9.17) is 0 Å². The molecule has 104 valence electrons. The Hall–Kier alpha value is -0.820. The highest BCUT2D eigenvalue weighted by Crippen LogP contribution is 2.26. The maximum absolute atomic E-state index is 13.0. The van der Waals surface area contributed by atoms with Gasteiger partial charge >= 0.3 is 6.18 Å². The summed E-state index contributed by atoms with van der Waals surface area (Å²) in [6.07, 6.45) is -2.25. The summed E-state index contributed by atoms with van der Waals surface area (Å²) in [5.41, 5.74) is 0. The van der Waals surface area contributed by atoms with E-state index in [1.165, 1.54) is 4.90 Å². The molecule has 1 amide bonds. The fourth-order valence-corrected chi connectivity index (χ4v) is 2.57. The van der Waals surface area contributed by atoms with Gasteiger partial charge in [0.15, 0.2) is 0 Å². The molecule has 7 heteroatoms. The second kappa shape index (κ2) is 5.44. The van der Waals surface area contributed by atoms with E-state index in [0.717, 1.165) is 19.4 Å². The third-order valence-corrected chi connectivity index (χ3v) is 3.55. The Morgan fingerprint density at radius 3 is 2.78 bits per heavy atom. The lowest BCUT2D eigenvalue weighted by Crippen LogP contribution is -2.52. The Morgan fingerprint density at radius 2 is 2.17 bits per heavy atom. The summed E-state index contributed by atoms with van der Waals surface area (Å²) in [5, 5.41) is 5.53. The molecule has 2 heterocycles. The van der Waals surface area contributed by atoms with Crippen LogP contribution in [0.15, 0.2) is 0 Å². The summed E-state index contributed by atoms with van der Waals surface area (Å²) in [6, 6.07) is -1.45. The van der Waals surface area contributed by atoms with E-state index in [1.54, 1.807) is 0 Å². The number of hydrogen-bond acceptors (Lipinski definition) is 3. The van der Waals surface area contributed by atoms with E-state index in [-0.39, 0.29) is 31.5 Å². The molecule has 0 aliphatic carbocycles. The Bertz CT molecular complexity index is 302. The van der Waals surface area contributed by atoms with E-state index >= 15 is 0 Å². The molecule has 2 aliphatic heterocycles. The molecule has 2 saturated heterocycles. The number of carbonyl (C=O) groups is 1. The molecule has 2 rings (SSSR count). The van der Waals surface area contributed by atoms with Gasteiger partial charge in [0, 0.05) is 32.1 Å². The van der Waals surface area contributed by atoms with Crippen LogP contribution in [0, 0.1) is 0 Å². The molecule has 0 aromatic carbocycles. The highest BCUT2D eigenvalue weighted by Gasteiger charge is 2.45. The van der Waals surface area contributed by atoms with Crippen molar-refractivity contribution >= 4 is 5.91 Å². The molecular formula is C11H18F3N3O. The summed E-state index contributed by atoms with van der Waals surface area (Å²) in [7, 11) is 0. The van der Waals surface area contributed by atoms with Gasteiger partial charge in [0.25, 0.3) is 0 Å². The van der Waals surface area contributed by atoms with Crippen molar-refractivity contribution in [3.8, 4) is 0 Å². The van der Waals surface area contributed by atoms with Gasteiger partial charge in [0.1, 0.15) is 6.04 Å². The zero-order valence-electron chi connectivity index (χ0n) is 10.1. The molecule has 0 spiro atoms. The number of nitrogens with one attached hydrogen (secondary N) is 2. The van der Waals surface area contributed by atoms with Gasteiger partial charge < -0.3 is 10.6 Å². The number of nitrogens with zero attached hydrogens (tertiary/aromatic N) is 1. The van der Waals surface area contributed by atoms with Crippen molar-refractivity contribution in [2.75, 3.05) is 26.2 Å². The first kappa shape index (κ1) is 13.6. The number of rotatable bonds is 2. The minimum Gasteiger partial charge on any atom is -0.354 e. The van der Waals surface area contributed by atoms with Crippen molar-refractivity contribution in [2.45, 2.75) is 37.5 Å². The third kappa shape index (κ3) is 3.35. The number of carbonyl (C=O) groups excluding carboxylic acids is 1. The predicted octanol–water partition coefficient (Wildman–Crippen LogP) is 0.491. The normalized spacial score (nSPS) is 31.2. The van der Waals surface area contributed by atoms with Crippen LogP contribution in [0.2, 0.25) is 0 Å². The van der Waals surface area contributed by atoms with E-state index in [1.807, 2.05) is 0 Å². The van der Waals surface area contributed by atoms with Crippen molar-refractivity contribution in [3.63, 3.8) is 0 Å². The lowest BCUT2D eigenvalue weighted by atomic mass is 10.1. The second-order valence-corrected chi connectivity index (χ2v) is 4.90. The van der Waals surface area contributed by atoms with Crippen molar-refractivity contribution < 1.29 is 18.0 Å². The maximum Gasteiger partial charge on any atom is 0.405 e. The van der Waals surface area contributed by atoms with Crippen molar-refractivity contribution in [2.24, 2.45) is 0 Å². The van der Waals surface area contributed by atoms with Crippen LogP contribution in [0.25, 0.3) is 0 Å². The Balaban J connectivity index is 2.03. The van der Waals surface area contributed by atoms with Crippen LogP contribution in [-0.4, -0.2) is 55.2 Å². The van der Waals surface area contributed by atoms with Crippen molar-refractivity contribution in [3.05, 3.63) is 0 Å². The van der Waals surface area contributed by atoms with Crippen molar-refractivity contribution in [1.82, 2.24) is 15.5 Å². The molecule has 2 aliphatic rings. The largest absolute Gasteiger partial charge is 0.405 e. The topological polar surface area (TPSA) is 44.4 Å². The molecule has 0 aromatic rings. The lowest BCUT2D eigenvalue weighted by Gasteiger charge is -2.32. The summed E-state index contributed by atoms with van der Waals surface area (Å²) >= 11 is 0. The van der Waals surface area contributed by atoms with Crippen LogP contribution < -0.4 is 10.6 Å². The minimum atomic E-state index is -4.30. The number of amides is 1. The Morgan fingerprint density at radius 1 is 1.39 bits per heavy atom. The van der Waals surface area contributed by atoms with E-state index < -0.39 is 12.2 Å². The lowest BCUT2D eigenvalue weighted by molar-refractivity contribution is -0.181. The van der Waals surface area contributed by atoms with Crippen LogP contribution in [0.3, 0.4) is 0 Å². The summed E-state index contributed by atoms with van der Waals surface area (Å²) < 4.78 is 38.9. The monoisotopic (exact) mass is 265 g/mol. The van der Waals surface area contributed by atoms with Crippen LogP contribution in [-0.2, 0) is 4.79 Å². The zero-order valence-corrected chi connectivity index (χ0v) is 10.1.